The Labute approximate surface area is 130 Å². The second-order valence-corrected chi connectivity index (χ2v) is 7.09. The van der Waals surface area contributed by atoms with Crippen LogP contribution in [0.1, 0.15) is 25.3 Å². The Bertz CT molecular complexity index is 735. The number of hydrogen-bond donors (Lipinski definition) is 0. The Morgan fingerprint density at radius 3 is 3.05 bits per heavy atom. The van der Waals surface area contributed by atoms with Gasteiger partial charge < -0.3 is 4.79 Å². The molecule has 3 aliphatic heterocycles. The Balaban J connectivity index is 1.79. The van der Waals surface area contributed by atoms with Gasteiger partial charge in [0.05, 0.1) is 5.69 Å². The highest BCUT2D eigenvalue weighted by Gasteiger charge is 2.62. The highest BCUT2D eigenvalue weighted by atomic mass is 16.1. The van der Waals surface area contributed by atoms with E-state index in [-0.39, 0.29) is 11.3 Å². The second-order valence-electron chi connectivity index (χ2n) is 7.09. The molecule has 3 heterocycles. The van der Waals surface area contributed by atoms with E-state index in [2.05, 4.69) is 42.2 Å². The molecule has 4 aliphatic rings. The molecule has 22 heavy (non-hydrogen) atoms. The van der Waals surface area contributed by atoms with Crippen LogP contribution >= 0.6 is 0 Å². The van der Waals surface area contributed by atoms with Crippen molar-refractivity contribution < 1.29 is 4.79 Å². The molecule has 0 spiro atoms. The lowest BCUT2D eigenvalue weighted by molar-refractivity contribution is -0.116. The van der Waals surface area contributed by atoms with Gasteiger partial charge in [-0.15, -0.1) is 0 Å². The van der Waals surface area contributed by atoms with Gasteiger partial charge in [0.25, 0.3) is 0 Å². The lowest BCUT2D eigenvalue weighted by Crippen LogP contribution is -2.67. The van der Waals surface area contributed by atoms with Gasteiger partial charge in [-0.05, 0) is 37.3 Å². The van der Waals surface area contributed by atoms with Crippen molar-refractivity contribution in [3.8, 4) is 0 Å². The van der Waals surface area contributed by atoms with Gasteiger partial charge in [0.2, 0.25) is 0 Å². The van der Waals surface area contributed by atoms with Gasteiger partial charge in [0.15, 0.2) is 0 Å². The maximum Gasteiger partial charge on any atom is 0.124 e. The molecule has 3 bridgehead atoms. The zero-order valence-corrected chi connectivity index (χ0v) is 12.8. The number of allylic oxidation sites excluding steroid dienone is 1. The molecule has 4 atom stereocenters. The number of benzene rings is 1. The Hall–Kier alpha value is -1.74. The summed E-state index contributed by atoms with van der Waals surface area (Å²) in [4.78, 5) is 19.8. The van der Waals surface area contributed by atoms with E-state index in [0.717, 1.165) is 31.6 Å². The van der Waals surface area contributed by atoms with Crippen LogP contribution in [0.5, 0.6) is 0 Å². The molecule has 4 unspecified atom stereocenters. The lowest BCUT2D eigenvalue weighted by atomic mass is 9.51. The first kappa shape index (κ1) is 12.8. The molecule has 0 N–H and O–H groups in total. The number of fused-ring (bicyclic) bond motifs is 2. The zero-order valence-electron chi connectivity index (χ0n) is 12.8. The molecule has 5 rings (SSSR count). The van der Waals surface area contributed by atoms with Gasteiger partial charge in [-0.1, -0.05) is 29.8 Å². The summed E-state index contributed by atoms with van der Waals surface area (Å²) in [6, 6.07) is 8.91. The van der Waals surface area contributed by atoms with Crippen molar-refractivity contribution in [1.82, 2.24) is 4.90 Å². The van der Waals surface area contributed by atoms with Crippen molar-refractivity contribution in [2.24, 2.45) is 16.8 Å². The third-order valence-electron chi connectivity index (χ3n) is 6.49. The Kier molecular flexibility index (Phi) is 2.42. The third kappa shape index (κ3) is 1.28. The second kappa shape index (κ2) is 4.17. The number of nitrogens with zero attached hydrogens (tertiary/aromatic N) is 2. The fraction of sp³-hybridized carbons (Fsp3) is 0.474. The molecule has 2 saturated heterocycles. The van der Waals surface area contributed by atoms with E-state index < -0.39 is 0 Å². The van der Waals surface area contributed by atoms with Gasteiger partial charge in [-0.25, -0.2) is 0 Å². The van der Waals surface area contributed by atoms with Crippen LogP contribution in [0, 0.1) is 11.8 Å². The minimum atomic E-state index is -0.128. The molecule has 0 aromatic heterocycles. The van der Waals surface area contributed by atoms with Crippen LogP contribution in [0.2, 0.25) is 0 Å². The molecule has 1 saturated carbocycles. The van der Waals surface area contributed by atoms with Crippen LogP contribution in [-0.4, -0.2) is 36.0 Å². The van der Waals surface area contributed by atoms with E-state index >= 15 is 0 Å². The normalized spacial score (nSPS) is 40.3. The fourth-order valence-corrected chi connectivity index (χ4v) is 5.55. The summed E-state index contributed by atoms with van der Waals surface area (Å²) in [6.45, 7) is 4.21. The van der Waals surface area contributed by atoms with Crippen LogP contribution in [0.3, 0.4) is 0 Å². The molecule has 0 radical (unpaired) electrons. The van der Waals surface area contributed by atoms with Crippen molar-refractivity contribution in [3.05, 3.63) is 41.5 Å². The van der Waals surface area contributed by atoms with Gasteiger partial charge in [0, 0.05) is 36.2 Å². The smallest absolute Gasteiger partial charge is 0.124 e. The van der Waals surface area contributed by atoms with Crippen LogP contribution in [0.4, 0.5) is 5.69 Å². The van der Waals surface area contributed by atoms with E-state index in [4.69, 9.17) is 4.99 Å². The standard InChI is InChI=1S/C19H20N2O/c1-2-12-10-21-8-7-19-14-5-3-4-6-16(14)20-18(19)17(21)9-13(12)15(19)11-22/h2-6,11,13,15,17H,7-10H2,1H3. The van der Waals surface area contributed by atoms with Crippen molar-refractivity contribution in [3.63, 3.8) is 0 Å². The molecular formula is C19H20N2O. The molecule has 1 aromatic carbocycles. The lowest BCUT2D eigenvalue weighted by Gasteiger charge is -2.59. The number of aldehydes is 1. The number of hydrogen-bond acceptors (Lipinski definition) is 3. The largest absolute Gasteiger partial charge is 0.303 e. The molecular weight excluding hydrogens is 272 g/mol. The van der Waals surface area contributed by atoms with E-state index in [9.17, 15) is 4.79 Å². The van der Waals surface area contributed by atoms with E-state index in [1.807, 2.05) is 0 Å². The van der Waals surface area contributed by atoms with Gasteiger partial charge >= 0.3 is 0 Å². The fourth-order valence-electron chi connectivity index (χ4n) is 5.55. The van der Waals surface area contributed by atoms with Gasteiger partial charge in [0.1, 0.15) is 6.29 Å². The maximum atomic E-state index is 12.2. The monoisotopic (exact) mass is 292 g/mol. The van der Waals surface area contributed by atoms with Crippen LogP contribution < -0.4 is 0 Å². The summed E-state index contributed by atoms with van der Waals surface area (Å²) in [5.41, 5.74) is 5.01. The predicted molar refractivity (Wildman–Crippen MR) is 86.6 cm³/mol. The van der Waals surface area contributed by atoms with E-state index in [1.54, 1.807) is 0 Å². The van der Waals surface area contributed by atoms with Crippen LogP contribution in [-0.2, 0) is 10.2 Å². The first-order valence-corrected chi connectivity index (χ1v) is 8.32. The number of carbonyl (C=O) groups is 1. The molecule has 1 aromatic rings. The summed E-state index contributed by atoms with van der Waals surface area (Å²) in [5.74, 6) is 0.453. The van der Waals surface area contributed by atoms with E-state index in [0.29, 0.717) is 12.0 Å². The minimum Gasteiger partial charge on any atom is -0.303 e. The van der Waals surface area contributed by atoms with Crippen molar-refractivity contribution >= 4 is 17.7 Å². The summed E-state index contributed by atoms with van der Waals surface area (Å²) >= 11 is 0. The average molecular weight is 292 g/mol. The number of carbonyl (C=O) groups excluding carboxylic acids is 1. The van der Waals surface area contributed by atoms with Crippen LogP contribution in [0.25, 0.3) is 0 Å². The quantitative estimate of drug-likeness (QED) is 0.589. The van der Waals surface area contributed by atoms with Gasteiger partial charge in [-0.3, -0.25) is 9.89 Å². The number of para-hydroxylation sites is 1. The Morgan fingerprint density at radius 2 is 2.23 bits per heavy atom. The van der Waals surface area contributed by atoms with Crippen molar-refractivity contribution in [1.29, 1.82) is 0 Å². The average Bonchev–Trinajstić information content (AvgIpc) is 2.90. The molecule has 112 valence electrons. The summed E-state index contributed by atoms with van der Waals surface area (Å²) in [5, 5.41) is 0. The summed E-state index contributed by atoms with van der Waals surface area (Å²) < 4.78 is 0. The number of aliphatic imine (C=N–C) groups is 1. The first-order chi connectivity index (χ1) is 10.8. The van der Waals surface area contributed by atoms with Crippen molar-refractivity contribution in [2.45, 2.75) is 31.2 Å². The molecule has 3 heteroatoms. The summed E-state index contributed by atoms with van der Waals surface area (Å²) in [7, 11) is 0. The van der Waals surface area contributed by atoms with Gasteiger partial charge in [-0.2, -0.15) is 0 Å². The maximum absolute atomic E-state index is 12.2. The number of rotatable bonds is 1. The number of piperidine rings is 2. The molecule has 3 fully saturated rings. The van der Waals surface area contributed by atoms with Crippen molar-refractivity contribution in [2.75, 3.05) is 13.1 Å². The topological polar surface area (TPSA) is 32.7 Å². The summed E-state index contributed by atoms with van der Waals surface area (Å²) in [6.07, 6.45) is 5.59. The SMILES string of the molecule is CC=C1CN2CCC34C(=Nc5ccccc53)C2CC1C4C=O. The zero-order chi connectivity index (χ0) is 14.9. The molecule has 1 aliphatic carbocycles. The molecule has 3 nitrogen and oxygen atoms in total. The van der Waals surface area contributed by atoms with Crippen LogP contribution in [0.15, 0.2) is 40.9 Å². The minimum absolute atomic E-state index is 0.0554. The highest BCUT2D eigenvalue weighted by Crippen LogP contribution is 2.59. The van der Waals surface area contributed by atoms with E-state index in [1.165, 1.54) is 23.1 Å². The molecule has 0 amide bonds. The predicted octanol–water partition coefficient (Wildman–Crippen LogP) is 2.88. The highest BCUT2D eigenvalue weighted by molar-refractivity contribution is 6.08. The third-order valence-corrected chi connectivity index (χ3v) is 6.49. The first-order valence-electron chi connectivity index (χ1n) is 8.32. The Morgan fingerprint density at radius 1 is 1.36 bits per heavy atom.